The van der Waals surface area contributed by atoms with Gasteiger partial charge in [-0.25, -0.2) is 17.2 Å². The molecule has 0 bridgehead atoms. The van der Waals surface area contributed by atoms with E-state index in [0.717, 1.165) is 0 Å². The van der Waals surface area contributed by atoms with Crippen LogP contribution in [0, 0.1) is 0 Å². The standard InChI is InChI=1S/C11H14F2N2O3S2/c12-10(13)7-15(5-6-16)20(17,18)9-4-2-1-3-8(9)11(14)19/h1-4,10,16H,5-7H2,(H2,14,19). The van der Waals surface area contributed by atoms with Crippen molar-refractivity contribution in [1.82, 2.24) is 4.31 Å². The average molecular weight is 324 g/mol. The number of hydrogen-bond donors (Lipinski definition) is 2. The largest absolute Gasteiger partial charge is 0.395 e. The Labute approximate surface area is 121 Å². The maximum absolute atomic E-state index is 12.5. The lowest BCUT2D eigenvalue weighted by atomic mass is 10.2. The van der Waals surface area contributed by atoms with E-state index in [0.29, 0.717) is 4.31 Å². The summed E-state index contributed by atoms with van der Waals surface area (Å²) < 4.78 is 50.2. The number of alkyl halides is 2. The van der Waals surface area contributed by atoms with E-state index in [1.807, 2.05) is 0 Å². The number of nitrogens with two attached hydrogens (primary N) is 1. The van der Waals surface area contributed by atoms with Crippen molar-refractivity contribution in [2.24, 2.45) is 5.73 Å². The molecule has 0 aliphatic rings. The quantitative estimate of drug-likeness (QED) is 0.717. The monoisotopic (exact) mass is 324 g/mol. The van der Waals surface area contributed by atoms with Gasteiger partial charge < -0.3 is 10.8 Å². The van der Waals surface area contributed by atoms with Crippen LogP contribution in [0.1, 0.15) is 5.56 Å². The molecule has 112 valence electrons. The second-order valence-electron chi connectivity index (χ2n) is 3.84. The first-order valence-electron chi connectivity index (χ1n) is 5.58. The zero-order valence-electron chi connectivity index (χ0n) is 10.4. The molecule has 0 unspecified atom stereocenters. The maximum Gasteiger partial charge on any atom is 0.252 e. The molecule has 1 rings (SSSR count). The molecule has 0 saturated heterocycles. The summed E-state index contributed by atoms with van der Waals surface area (Å²) in [6.45, 7) is -2.01. The van der Waals surface area contributed by atoms with Gasteiger partial charge in [-0.05, 0) is 6.07 Å². The van der Waals surface area contributed by atoms with Crippen LogP contribution >= 0.6 is 12.2 Å². The molecule has 3 N–H and O–H groups in total. The first-order chi connectivity index (χ1) is 9.30. The van der Waals surface area contributed by atoms with Gasteiger partial charge in [0.15, 0.2) is 0 Å². The minimum atomic E-state index is -4.21. The van der Waals surface area contributed by atoms with Crippen LogP contribution in [0.2, 0.25) is 0 Å². The highest BCUT2D eigenvalue weighted by molar-refractivity contribution is 7.89. The maximum atomic E-state index is 12.5. The van der Waals surface area contributed by atoms with Gasteiger partial charge in [-0.2, -0.15) is 4.31 Å². The second kappa shape index (κ2) is 7.02. The van der Waals surface area contributed by atoms with Crippen molar-refractivity contribution in [1.29, 1.82) is 0 Å². The first-order valence-corrected chi connectivity index (χ1v) is 7.43. The number of rotatable bonds is 7. The fraction of sp³-hybridized carbons (Fsp3) is 0.364. The van der Waals surface area contributed by atoms with Gasteiger partial charge in [0.1, 0.15) is 4.99 Å². The summed E-state index contributed by atoms with van der Waals surface area (Å²) >= 11 is 4.75. The molecular weight excluding hydrogens is 310 g/mol. The van der Waals surface area contributed by atoms with Crippen molar-refractivity contribution in [3.63, 3.8) is 0 Å². The van der Waals surface area contributed by atoms with Crippen molar-refractivity contribution >= 4 is 27.2 Å². The van der Waals surface area contributed by atoms with Crippen LogP contribution in [0.5, 0.6) is 0 Å². The number of thiocarbonyl (C=S) groups is 1. The summed E-state index contributed by atoms with van der Waals surface area (Å²) in [5, 5.41) is 8.84. The highest BCUT2D eigenvalue weighted by Gasteiger charge is 2.29. The Bertz CT molecular complexity index is 579. The third-order valence-corrected chi connectivity index (χ3v) is 4.60. The van der Waals surface area contributed by atoms with Crippen LogP contribution < -0.4 is 5.73 Å². The Morgan fingerprint density at radius 1 is 1.40 bits per heavy atom. The molecule has 0 aliphatic heterocycles. The fourth-order valence-corrected chi connectivity index (χ4v) is 3.47. The van der Waals surface area contributed by atoms with E-state index in [2.05, 4.69) is 0 Å². The van der Waals surface area contributed by atoms with Crippen LogP contribution in [0.4, 0.5) is 8.78 Å². The molecule has 0 amide bonds. The number of aliphatic hydroxyl groups excluding tert-OH is 1. The number of halogens is 2. The van der Waals surface area contributed by atoms with E-state index in [4.69, 9.17) is 23.1 Å². The molecule has 1 aromatic carbocycles. The third-order valence-electron chi connectivity index (χ3n) is 2.46. The van der Waals surface area contributed by atoms with Gasteiger partial charge in [-0.3, -0.25) is 0 Å². The third kappa shape index (κ3) is 3.92. The summed E-state index contributed by atoms with van der Waals surface area (Å²) in [5.41, 5.74) is 5.52. The number of benzene rings is 1. The smallest absolute Gasteiger partial charge is 0.252 e. The Kier molecular flexibility index (Phi) is 5.93. The molecule has 0 radical (unpaired) electrons. The van der Waals surface area contributed by atoms with Crippen molar-refractivity contribution < 1.29 is 22.3 Å². The zero-order chi connectivity index (χ0) is 15.3. The second-order valence-corrected chi connectivity index (χ2v) is 6.18. The summed E-state index contributed by atoms with van der Waals surface area (Å²) in [6.07, 6.45) is -2.85. The van der Waals surface area contributed by atoms with E-state index in [9.17, 15) is 17.2 Å². The van der Waals surface area contributed by atoms with Gasteiger partial charge in [0, 0.05) is 12.1 Å². The number of hydrogen-bond acceptors (Lipinski definition) is 4. The van der Waals surface area contributed by atoms with E-state index < -0.39 is 36.1 Å². The van der Waals surface area contributed by atoms with Crippen LogP contribution in [-0.4, -0.2) is 48.9 Å². The summed E-state index contributed by atoms with van der Waals surface area (Å²) in [6, 6.07) is 5.61. The van der Waals surface area contributed by atoms with Crippen molar-refractivity contribution in [3.05, 3.63) is 29.8 Å². The molecule has 0 aliphatic carbocycles. The van der Waals surface area contributed by atoms with Gasteiger partial charge in [0.05, 0.1) is 18.0 Å². The Balaban J connectivity index is 3.29. The molecule has 0 aromatic heterocycles. The summed E-state index contributed by atoms with van der Waals surface area (Å²) in [5.74, 6) is 0. The van der Waals surface area contributed by atoms with Gasteiger partial charge in [0.2, 0.25) is 10.0 Å². The lowest BCUT2D eigenvalue weighted by Gasteiger charge is -2.22. The van der Waals surface area contributed by atoms with Gasteiger partial charge in [-0.1, -0.05) is 30.4 Å². The summed E-state index contributed by atoms with van der Waals surface area (Å²) in [4.78, 5) is -0.397. The van der Waals surface area contributed by atoms with Gasteiger partial charge in [0.25, 0.3) is 6.43 Å². The minimum absolute atomic E-state index is 0.0831. The van der Waals surface area contributed by atoms with Gasteiger partial charge >= 0.3 is 0 Å². The number of aliphatic hydroxyl groups is 1. The van der Waals surface area contributed by atoms with E-state index in [1.165, 1.54) is 24.3 Å². The van der Waals surface area contributed by atoms with Crippen molar-refractivity contribution in [2.45, 2.75) is 11.3 Å². The molecule has 0 fully saturated rings. The average Bonchev–Trinajstić information content (AvgIpc) is 2.37. The molecule has 0 heterocycles. The Morgan fingerprint density at radius 3 is 2.50 bits per heavy atom. The van der Waals surface area contributed by atoms with Crippen LogP contribution in [0.25, 0.3) is 0 Å². The molecule has 0 atom stereocenters. The highest BCUT2D eigenvalue weighted by Crippen LogP contribution is 2.21. The minimum Gasteiger partial charge on any atom is -0.395 e. The molecule has 0 saturated carbocycles. The van der Waals surface area contributed by atoms with E-state index >= 15 is 0 Å². The predicted molar refractivity (Wildman–Crippen MR) is 74.2 cm³/mol. The zero-order valence-corrected chi connectivity index (χ0v) is 12.0. The normalized spacial score (nSPS) is 12.1. The van der Waals surface area contributed by atoms with Crippen LogP contribution in [-0.2, 0) is 10.0 Å². The predicted octanol–water partition coefficient (Wildman–Crippen LogP) is 0.569. The molecule has 1 aromatic rings. The highest BCUT2D eigenvalue weighted by atomic mass is 32.2. The SMILES string of the molecule is NC(=S)c1ccccc1S(=O)(=O)N(CCO)CC(F)F. The molecule has 20 heavy (non-hydrogen) atoms. The van der Waals surface area contributed by atoms with Crippen molar-refractivity contribution in [3.8, 4) is 0 Å². The number of nitrogens with zero attached hydrogens (tertiary/aromatic N) is 1. The fourth-order valence-electron chi connectivity index (χ4n) is 1.61. The van der Waals surface area contributed by atoms with E-state index in [1.54, 1.807) is 0 Å². The molecule has 5 nitrogen and oxygen atoms in total. The lowest BCUT2D eigenvalue weighted by Crippen LogP contribution is -2.38. The topological polar surface area (TPSA) is 83.6 Å². The Hall–Kier alpha value is -1.16. The Morgan fingerprint density at radius 2 is 2.00 bits per heavy atom. The van der Waals surface area contributed by atoms with Crippen LogP contribution in [0.15, 0.2) is 29.2 Å². The molecular formula is C11H14F2N2O3S2. The first kappa shape index (κ1) is 16.9. The van der Waals surface area contributed by atoms with Crippen molar-refractivity contribution in [2.75, 3.05) is 19.7 Å². The molecule has 9 heteroatoms. The number of sulfonamides is 1. The molecule has 0 spiro atoms. The van der Waals surface area contributed by atoms with Crippen LogP contribution in [0.3, 0.4) is 0 Å². The summed E-state index contributed by atoms with van der Waals surface area (Å²) in [7, 11) is -4.21. The van der Waals surface area contributed by atoms with E-state index in [-0.39, 0.29) is 15.4 Å². The van der Waals surface area contributed by atoms with Gasteiger partial charge in [-0.15, -0.1) is 0 Å². The lowest BCUT2D eigenvalue weighted by molar-refractivity contribution is 0.113.